The highest BCUT2D eigenvalue weighted by Crippen LogP contribution is 2.24. The molecule has 0 heterocycles. The van der Waals surface area contributed by atoms with E-state index in [9.17, 15) is 13.6 Å². The molecule has 1 aromatic rings. The molecule has 0 aliphatic heterocycles. The average Bonchev–Trinajstić information content (AvgIpc) is 2.32. The zero-order chi connectivity index (χ0) is 13.1. The van der Waals surface area contributed by atoms with Crippen LogP contribution in [0.5, 0.6) is 0 Å². The van der Waals surface area contributed by atoms with Crippen LogP contribution in [0.15, 0.2) is 18.2 Å². The van der Waals surface area contributed by atoms with Gasteiger partial charge in [-0.2, -0.15) is 0 Å². The molecule has 1 fully saturated rings. The lowest BCUT2D eigenvalue weighted by molar-refractivity contribution is 0.0914. The summed E-state index contributed by atoms with van der Waals surface area (Å²) in [6.07, 6.45) is 3.85. The quantitative estimate of drug-likeness (QED) is 0.861. The van der Waals surface area contributed by atoms with E-state index in [4.69, 9.17) is 0 Å². The van der Waals surface area contributed by atoms with Gasteiger partial charge in [-0.25, -0.2) is 8.78 Å². The monoisotopic (exact) mass is 253 g/mol. The van der Waals surface area contributed by atoms with Crippen molar-refractivity contribution in [3.63, 3.8) is 0 Å². The molecule has 0 bridgehead atoms. The Kier molecular flexibility index (Phi) is 3.94. The third-order valence-electron chi connectivity index (χ3n) is 3.54. The molecule has 0 unspecified atom stereocenters. The van der Waals surface area contributed by atoms with Crippen LogP contribution in [-0.4, -0.2) is 11.9 Å². The maximum atomic E-state index is 13.4. The van der Waals surface area contributed by atoms with E-state index in [1.807, 2.05) is 0 Å². The van der Waals surface area contributed by atoms with Gasteiger partial charge in [-0.05, 0) is 43.7 Å². The summed E-state index contributed by atoms with van der Waals surface area (Å²) >= 11 is 0. The van der Waals surface area contributed by atoms with Crippen molar-refractivity contribution < 1.29 is 13.6 Å². The average molecular weight is 253 g/mol. The normalized spacial score (nSPS) is 23.7. The van der Waals surface area contributed by atoms with Gasteiger partial charge in [0, 0.05) is 6.04 Å². The van der Waals surface area contributed by atoms with Crippen molar-refractivity contribution in [1.82, 2.24) is 5.32 Å². The van der Waals surface area contributed by atoms with E-state index < -0.39 is 23.1 Å². The van der Waals surface area contributed by atoms with Crippen LogP contribution in [0.1, 0.15) is 43.0 Å². The lowest BCUT2D eigenvalue weighted by atomic mass is 9.87. The number of amides is 1. The fourth-order valence-electron chi connectivity index (χ4n) is 2.38. The zero-order valence-electron chi connectivity index (χ0n) is 10.4. The molecule has 1 N–H and O–H groups in total. The molecule has 1 aromatic carbocycles. The summed E-state index contributed by atoms with van der Waals surface area (Å²) in [5.74, 6) is -1.60. The van der Waals surface area contributed by atoms with Crippen molar-refractivity contribution in [1.29, 1.82) is 0 Å². The molecule has 1 saturated carbocycles. The topological polar surface area (TPSA) is 29.1 Å². The van der Waals surface area contributed by atoms with E-state index >= 15 is 0 Å². The van der Waals surface area contributed by atoms with Gasteiger partial charge < -0.3 is 5.32 Å². The van der Waals surface area contributed by atoms with Crippen LogP contribution < -0.4 is 5.32 Å². The predicted molar refractivity (Wildman–Crippen MR) is 65.2 cm³/mol. The Bertz CT molecular complexity index is 419. The van der Waals surface area contributed by atoms with Gasteiger partial charge >= 0.3 is 0 Å². The number of carbonyl (C=O) groups is 1. The third kappa shape index (κ3) is 2.86. The maximum absolute atomic E-state index is 13.4. The number of carbonyl (C=O) groups excluding carboxylic acids is 1. The van der Waals surface area contributed by atoms with Crippen LogP contribution in [0.25, 0.3) is 0 Å². The molecular weight excluding hydrogens is 236 g/mol. The second kappa shape index (κ2) is 5.46. The Morgan fingerprint density at radius 2 is 1.72 bits per heavy atom. The van der Waals surface area contributed by atoms with E-state index in [0.717, 1.165) is 37.8 Å². The third-order valence-corrected chi connectivity index (χ3v) is 3.54. The molecule has 2 nitrogen and oxygen atoms in total. The molecule has 98 valence electrons. The first-order chi connectivity index (χ1) is 8.58. The standard InChI is InChI=1S/C14H17F2NO/c1-9-5-7-10(8-6-9)17-14(18)13-11(15)3-2-4-12(13)16/h2-4,9-10H,5-8H2,1H3,(H,17,18). The van der Waals surface area contributed by atoms with Crippen LogP contribution in [0.3, 0.4) is 0 Å². The first-order valence-electron chi connectivity index (χ1n) is 6.33. The smallest absolute Gasteiger partial charge is 0.257 e. The van der Waals surface area contributed by atoms with E-state index in [1.54, 1.807) is 0 Å². The minimum Gasteiger partial charge on any atom is -0.349 e. The van der Waals surface area contributed by atoms with Crippen molar-refractivity contribution in [2.45, 2.75) is 38.6 Å². The van der Waals surface area contributed by atoms with E-state index in [2.05, 4.69) is 12.2 Å². The first-order valence-corrected chi connectivity index (χ1v) is 6.33. The van der Waals surface area contributed by atoms with Crippen LogP contribution in [0.4, 0.5) is 8.78 Å². The van der Waals surface area contributed by atoms with Crippen LogP contribution in [-0.2, 0) is 0 Å². The molecular formula is C14H17F2NO. The summed E-state index contributed by atoms with van der Waals surface area (Å²) in [4.78, 5) is 11.8. The number of halogens is 2. The molecule has 4 heteroatoms. The minimum atomic E-state index is -0.809. The molecule has 0 saturated heterocycles. The van der Waals surface area contributed by atoms with Gasteiger partial charge in [-0.3, -0.25) is 4.79 Å². The van der Waals surface area contributed by atoms with Gasteiger partial charge in [0.05, 0.1) is 0 Å². The Hall–Kier alpha value is -1.45. The van der Waals surface area contributed by atoms with Crippen LogP contribution in [0.2, 0.25) is 0 Å². The summed E-state index contributed by atoms with van der Waals surface area (Å²) in [5.41, 5.74) is -0.476. The van der Waals surface area contributed by atoms with Crippen molar-refractivity contribution in [2.24, 2.45) is 5.92 Å². The molecule has 1 amide bonds. The first kappa shape index (κ1) is 13.0. The van der Waals surface area contributed by atoms with Crippen LogP contribution >= 0.6 is 0 Å². The number of rotatable bonds is 2. The lowest BCUT2D eigenvalue weighted by Gasteiger charge is -2.27. The Labute approximate surface area is 105 Å². The molecule has 18 heavy (non-hydrogen) atoms. The van der Waals surface area contributed by atoms with Crippen molar-refractivity contribution in [3.8, 4) is 0 Å². The summed E-state index contributed by atoms with van der Waals surface area (Å²) in [6, 6.07) is 3.48. The highest BCUT2D eigenvalue weighted by Gasteiger charge is 2.23. The van der Waals surface area contributed by atoms with Crippen molar-refractivity contribution >= 4 is 5.91 Å². The minimum absolute atomic E-state index is 0.0349. The van der Waals surface area contributed by atoms with E-state index in [1.165, 1.54) is 6.07 Å². The van der Waals surface area contributed by atoms with Gasteiger partial charge in [0.25, 0.3) is 5.91 Å². The number of hydrogen-bond donors (Lipinski definition) is 1. The largest absolute Gasteiger partial charge is 0.349 e. The molecule has 0 aromatic heterocycles. The maximum Gasteiger partial charge on any atom is 0.257 e. The Morgan fingerprint density at radius 1 is 1.17 bits per heavy atom. The van der Waals surface area contributed by atoms with Crippen molar-refractivity contribution in [2.75, 3.05) is 0 Å². The van der Waals surface area contributed by atoms with Crippen LogP contribution in [0, 0.1) is 17.6 Å². The SMILES string of the molecule is CC1CCC(NC(=O)c2c(F)cccc2F)CC1. The molecule has 0 radical (unpaired) electrons. The summed E-state index contributed by atoms with van der Waals surface area (Å²) in [7, 11) is 0. The van der Waals surface area contributed by atoms with E-state index in [0.29, 0.717) is 5.92 Å². The number of nitrogens with one attached hydrogen (secondary N) is 1. The van der Waals surface area contributed by atoms with Gasteiger partial charge in [0.15, 0.2) is 0 Å². The van der Waals surface area contributed by atoms with E-state index in [-0.39, 0.29) is 6.04 Å². The van der Waals surface area contributed by atoms with Gasteiger partial charge in [-0.1, -0.05) is 13.0 Å². The predicted octanol–water partition coefficient (Wildman–Crippen LogP) is 3.27. The molecule has 2 rings (SSSR count). The van der Waals surface area contributed by atoms with Gasteiger partial charge in [-0.15, -0.1) is 0 Å². The lowest BCUT2D eigenvalue weighted by Crippen LogP contribution is -2.38. The Morgan fingerprint density at radius 3 is 2.28 bits per heavy atom. The van der Waals surface area contributed by atoms with Crippen molar-refractivity contribution in [3.05, 3.63) is 35.4 Å². The summed E-state index contributed by atoms with van der Waals surface area (Å²) < 4.78 is 26.8. The Balaban J connectivity index is 2.04. The fraction of sp³-hybridized carbons (Fsp3) is 0.500. The second-order valence-electron chi connectivity index (χ2n) is 5.03. The van der Waals surface area contributed by atoms with Gasteiger partial charge in [0.1, 0.15) is 17.2 Å². The number of hydrogen-bond acceptors (Lipinski definition) is 1. The molecule has 0 atom stereocenters. The van der Waals surface area contributed by atoms with Gasteiger partial charge in [0.2, 0.25) is 0 Å². The zero-order valence-corrected chi connectivity index (χ0v) is 10.4. The molecule has 1 aliphatic carbocycles. The molecule has 1 aliphatic rings. The highest BCUT2D eigenvalue weighted by molar-refractivity contribution is 5.94. The second-order valence-corrected chi connectivity index (χ2v) is 5.03. The molecule has 0 spiro atoms. The fourth-order valence-corrected chi connectivity index (χ4v) is 2.38. The number of benzene rings is 1. The highest BCUT2D eigenvalue weighted by atomic mass is 19.1. The summed E-state index contributed by atoms with van der Waals surface area (Å²) in [6.45, 7) is 2.18. The summed E-state index contributed by atoms with van der Waals surface area (Å²) in [5, 5.41) is 2.72.